The molecule has 4 nitrogen and oxygen atoms in total. The topological polar surface area (TPSA) is 50.4 Å². The van der Waals surface area contributed by atoms with Gasteiger partial charge in [-0.1, -0.05) is 20.8 Å². The molecule has 20 heavy (non-hydrogen) atoms. The Morgan fingerprint density at radius 1 is 1.30 bits per heavy atom. The summed E-state index contributed by atoms with van der Waals surface area (Å²) in [6.45, 7) is 10.2. The van der Waals surface area contributed by atoms with Gasteiger partial charge in [-0.25, -0.2) is 0 Å². The van der Waals surface area contributed by atoms with E-state index in [0.717, 1.165) is 51.9 Å². The van der Waals surface area contributed by atoms with Crippen molar-refractivity contribution in [3.63, 3.8) is 0 Å². The van der Waals surface area contributed by atoms with Crippen molar-refractivity contribution in [1.29, 1.82) is 0 Å². The van der Waals surface area contributed by atoms with Crippen molar-refractivity contribution in [3.8, 4) is 0 Å². The van der Waals surface area contributed by atoms with Gasteiger partial charge in [-0.2, -0.15) is 0 Å². The molecule has 0 saturated carbocycles. The molecule has 0 spiro atoms. The van der Waals surface area contributed by atoms with Crippen molar-refractivity contribution in [3.05, 3.63) is 0 Å². The summed E-state index contributed by atoms with van der Waals surface area (Å²) >= 11 is 0. The molecule has 2 heterocycles. The highest BCUT2D eigenvalue weighted by Gasteiger charge is 2.35. The average molecular weight is 282 g/mol. The maximum absolute atomic E-state index is 12.2. The summed E-state index contributed by atoms with van der Waals surface area (Å²) in [4.78, 5) is 12.2. The van der Waals surface area contributed by atoms with E-state index in [9.17, 15) is 4.79 Å². The molecule has 3 atom stereocenters. The summed E-state index contributed by atoms with van der Waals surface area (Å²) in [5, 5.41) is 6.47. The molecule has 0 aromatic heterocycles. The van der Waals surface area contributed by atoms with Crippen molar-refractivity contribution in [2.75, 3.05) is 26.2 Å². The van der Waals surface area contributed by atoms with Gasteiger partial charge in [0.1, 0.15) is 0 Å². The molecule has 0 radical (unpaired) electrons. The molecule has 2 rings (SSSR count). The van der Waals surface area contributed by atoms with E-state index in [-0.39, 0.29) is 23.3 Å². The lowest BCUT2D eigenvalue weighted by Gasteiger charge is -2.40. The van der Waals surface area contributed by atoms with Gasteiger partial charge in [-0.05, 0) is 37.6 Å². The van der Waals surface area contributed by atoms with Crippen LogP contribution in [0.15, 0.2) is 0 Å². The molecule has 0 aliphatic carbocycles. The van der Waals surface area contributed by atoms with Crippen molar-refractivity contribution in [2.24, 2.45) is 17.3 Å². The summed E-state index contributed by atoms with van der Waals surface area (Å²) in [6.07, 6.45) is 4.64. The summed E-state index contributed by atoms with van der Waals surface area (Å²) in [5.41, 5.74) is 0.141. The molecular weight excluding hydrogens is 252 g/mol. The van der Waals surface area contributed by atoms with Crippen LogP contribution in [0, 0.1) is 17.3 Å². The van der Waals surface area contributed by atoms with E-state index in [2.05, 4.69) is 31.4 Å². The van der Waals surface area contributed by atoms with E-state index in [1.54, 1.807) is 0 Å². The Labute approximate surface area is 123 Å². The Balaban J connectivity index is 1.83. The van der Waals surface area contributed by atoms with Crippen LogP contribution < -0.4 is 10.6 Å². The van der Waals surface area contributed by atoms with Crippen LogP contribution in [0.4, 0.5) is 0 Å². The Bertz CT molecular complexity index is 319. The second-order valence-corrected chi connectivity index (χ2v) is 7.35. The highest BCUT2D eigenvalue weighted by molar-refractivity contribution is 5.78. The highest BCUT2D eigenvalue weighted by atomic mass is 16.5. The van der Waals surface area contributed by atoms with E-state index < -0.39 is 0 Å². The molecule has 0 aromatic carbocycles. The van der Waals surface area contributed by atoms with Gasteiger partial charge in [0.15, 0.2) is 0 Å². The number of carbonyl (C=O) groups is 1. The van der Waals surface area contributed by atoms with Gasteiger partial charge in [-0.15, -0.1) is 0 Å². The third-order valence-electron chi connectivity index (χ3n) is 4.50. The second kappa shape index (κ2) is 6.90. The fourth-order valence-corrected chi connectivity index (χ4v) is 3.46. The number of nitrogens with one attached hydrogen (secondary N) is 2. The van der Waals surface area contributed by atoms with Crippen molar-refractivity contribution in [1.82, 2.24) is 10.6 Å². The van der Waals surface area contributed by atoms with Crippen LogP contribution in [0.2, 0.25) is 0 Å². The Kier molecular flexibility index (Phi) is 5.44. The van der Waals surface area contributed by atoms with Crippen LogP contribution in [0.3, 0.4) is 0 Å². The van der Waals surface area contributed by atoms with Crippen molar-refractivity contribution >= 4 is 5.91 Å². The van der Waals surface area contributed by atoms with Crippen LogP contribution in [-0.2, 0) is 9.53 Å². The lowest BCUT2D eigenvalue weighted by Crippen LogP contribution is -2.47. The van der Waals surface area contributed by atoms with Crippen LogP contribution in [0.5, 0.6) is 0 Å². The standard InChI is InChI=1S/C16H30N2O2/c1-16(2,3)14-12(7-5-9-20-14)11-18-15(19)13-6-4-8-17-10-13/h12-14,17H,4-11H2,1-3H3,(H,18,19)/t12-,13+,14+/m0/s1. The maximum atomic E-state index is 12.2. The number of amides is 1. The van der Waals surface area contributed by atoms with Gasteiger partial charge in [-0.3, -0.25) is 4.79 Å². The van der Waals surface area contributed by atoms with Crippen LogP contribution >= 0.6 is 0 Å². The predicted molar refractivity (Wildman–Crippen MR) is 80.5 cm³/mol. The number of hydrogen-bond donors (Lipinski definition) is 2. The fourth-order valence-electron chi connectivity index (χ4n) is 3.46. The molecule has 1 amide bonds. The lowest BCUT2D eigenvalue weighted by atomic mass is 9.78. The molecule has 2 N–H and O–H groups in total. The predicted octanol–water partition coefficient (Wildman–Crippen LogP) is 1.94. The Morgan fingerprint density at radius 3 is 2.75 bits per heavy atom. The SMILES string of the molecule is CC(C)(C)[C@@H]1OCCC[C@H]1CNC(=O)[C@@H]1CCCNC1. The van der Waals surface area contributed by atoms with E-state index in [1.165, 1.54) is 0 Å². The third kappa shape index (κ3) is 4.19. The Hall–Kier alpha value is -0.610. The molecule has 2 saturated heterocycles. The zero-order chi connectivity index (χ0) is 14.6. The first-order valence-corrected chi connectivity index (χ1v) is 8.08. The monoisotopic (exact) mass is 282 g/mol. The average Bonchev–Trinajstić information content (AvgIpc) is 2.45. The minimum Gasteiger partial charge on any atom is -0.377 e. The van der Waals surface area contributed by atoms with E-state index in [1.807, 2.05) is 0 Å². The van der Waals surface area contributed by atoms with Gasteiger partial charge in [0.25, 0.3) is 0 Å². The van der Waals surface area contributed by atoms with E-state index in [0.29, 0.717) is 5.92 Å². The number of piperidine rings is 1. The highest BCUT2D eigenvalue weighted by Crippen LogP contribution is 2.33. The van der Waals surface area contributed by atoms with E-state index in [4.69, 9.17) is 4.74 Å². The number of rotatable bonds is 3. The molecule has 0 aromatic rings. The molecule has 2 aliphatic heterocycles. The fraction of sp³-hybridized carbons (Fsp3) is 0.938. The van der Waals surface area contributed by atoms with E-state index >= 15 is 0 Å². The smallest absolute Gasteiger partial charge is 0.224 e. The van der Waals surface area contributed by atoms with Crippen LogP contribution in [0.25, 0.3) is 0 Å². The molecule has 2 fully saturated rings. The summed E-state index contributed by atoms with van der Waals surface area (Å²) in [7, 11) is 0. The van der Waals surface area contributed by atoms with Gasteiger partial charge in [0.2, 0.25) is 5.91 Å². The summed E-state index contributed by atoms with van der Waals surface area (Å²) in [5.74, 6) is 0.820. The van der Waals surface area contributed by atoms with Crippen LogP contribution in [-0.4, -0.2) is 38.3 Å². The zero-order valence-corrected chi connectivity index (χ0v) is 13.2. The number of hydrogen-bond acceptors (Lipinski definition) is 3. The molecule has 2 aliphatic rings. The number of ether oxygens (including phenoxy) is 1. The van der Waals surface area contributed by atoms with Gasteiger partial charge in [0, 0.05) is 25.6 Å². The van der Waals surface area contributed by atoms with Crippen molar-refractivity contribution in [2.45, 2.75) is 52.6 Å². The molecular formula is C16H30N2O2. The molecule has 0 unspecified atom stereocenters. The quantitative estimate of drug-likeness (QED) is 0.832. The summed E-state index contributed by atoms with van der Waals surface area (Å²) < 4.78 is 5.97. The van der Waals surface area contributed by atoms with Gasteiger partial charge < -0.3 is 15.4 Å². The lowest BCUT2D eigenvalue weighted by molar-refractivity contribution is -0.127. The number of carbonyl (C=O) groups excluding carboxylic acids is 1. The van der Waals surface area contributed by atoms with Crippen molar-refractivity contribution < 1.29 is 9.53 Å². The largest absolute Gasteiger partial charge is 0.377 e. The normalized spacial score (nSPS) is 31.9. The second-order valence-electron chi connectivity index (χ2n) is 7.35. The maximum Gasteiger partial charge on any atom is 0.224 e. The first kappa shape index (κ1) is 15.8. The molecule has 0 bridgehead atoms. The molecule has 4 heteroatoms. The van der Waals surface area contributed by atoms with Gasteiger partial charge in [0.05, 0.1) is 12.0 Å². The molecule has 116 valence electrons. The minimum atomic E-state index is 0.141. The first-order valence-electron chi connectivity index (χ1n) is 8.08. The third-order valence-corrected chi connectivity index (χ3v) is 4.50. The minimum absolute atomic E-state index is 0.141. The first-order chi connectivity index (χ1) is 9.48. The van der Waals surface area contributed by atoms with Gasteiger partial charge >= 0.3 is 0 Å². The Morgan fingerprint density at radius 2 is 2.10 bits per heavy atom. The zero-order valence-electron chi connectivity index (χ0n) is 13.2. The summed E-state index contributed by atoms with van der Waals surface area (Å²) in [6, 6.07) is 0. The van der Waals surface area contributed by atoms with Crippen LogP contribution in [0.1, 0.15) is 46.5 Å².